The number of hydrogen-bond acceptors (Lipinski definition) is 5. The highest BCUT2D eigenvalue weighted by molar-refractivity contribution is 5.79. The van der Waals surface area contributed by atoms with E-state index < -0.39 is 0 Å². The van der Waals surface area contributed by atoms with Crippen LogP contribution in [0.25, 0.3) is 0 Å². The molecule has 0 spiro atoms. The summed E-state index contributed by atoms with van der Waals surface area (Å²) in [6, 6.07) is 5.96. The predicted octanol–water partition coefficient (Wildman–Crippen LogP) is 3.77. The molecule has 0 atom stereocenters. The van der Waals surface area contributed by atoms with Gasteiger partial charge in [0.05, 0.1) is 12.2 Å². The molecule has 1 saturated carbocycles. The molecule has 28 heavy (non-hydrogen) atoms. The minimum atomic E-state index is 0.302. The van der Waals surface area contributed by atoms with Gasteiger partial charge in [-0.1, -0.05) is 25.4 Å². The van der Waals surface area contributed by atoms with Crippen LogP contribution in [-0.2, 0) is 13.1 Å². The quantitative estimate of drug-likeness (QED) is 0.557. The third kappa shape index (κ3) is 5.97. The fourth-order valence-electron chi connectivity index (χ4n) is 3.24. The summed E-state index contributed by atoms with van der Waals surface area (Å²) >= 11 is 0. The molecule has 1 aliphatic carbocycles. The van der Waals surface area contributed by atoms with Gasteiger partial charge in [0.15, 0.2) is 11.7 Å². The van der Waals surface area contributed by atoms with Crippen molar-refractivity contribution in [2.75, 3.05) is 7.05 Å². The normalized spacial score (nSPS) is 15.6. The number of aromatic nitrogens is 2. The molecule has 0 saturated heterocycles. The largest absolute Gasteiger partial charge is 0.474 e. The summed E-state index contributed by atoms with van der Waals surface area (Å²) in [5.74, 6) is 2.55. The van der Waals surface area contributed by atoms with Crippen LogP contribution in [0.3, 0.4) is 0 Å². The molecule has 2 N–H and O–H groups in total. The van der Waals surface area contributed by atoms with Gasteiger partial charge in [0.25, 0.3) is 0 Å². The molecule has 2 heterocycles. The molecule has 0 aromatic carbocycles. The van der Waals surface area contributed by atoms with E-state index in [4.69, 9.17) is 9.26 Å². The fraction of sp³-hybridized carbons (Fsp3) is 0.571. The van der Waals surface area contributed by atoms with E-state index in [1.807, 2.05) is 18.2 Å². The second-order valence-corrected chi connectivity index (χ2v) is 7.53. The Labute approximate surface area is 167 Å². The maximum absolute atomic E-state index is 6.05. The van der Waals surface area contributed by atoms with E-state index in [0.29, 0.717) is 37.0 Å². The van der Waals surface area contributed by atoms with Crippen molar-refractivity contribution in [2.24, 2.45) is 4.99 Å². The maximum atomic E-state index is 6.05. The van der Waals surface area contributed by atoms with E-state index in [-0.39, 0.29) is 0 Å². The van der Waals surface area contributed by atoms with Crippen molar-refractivity contribution in [3.05, 3.63) is 41.4 Å². The average Bonchev–Trinajstić information content (AvgIpc) is 3.19. The molecule has 0 bridgehead atoms. The molecule has 3 rings (SSSR count). The Bertz CT molecular complexity index is 766. The second-order valence-electron chi connectivity index (χ2n) is 7.53. The Balaban J connectivity index is 1.48. The summed E-state index contributed by atoms with van der Waals surface area (Å²) in [5.41, 5.74) is 2.06. The number of rotatable bonds is 7. The van der Waals surface area contributed by atoms with Crippen LogP contribution >= 0.6 is 0 Å². The molecule has 152 valence electrons. The van der Waals surface area contributed by atoms with E-state index in [1.165, 1.54) is 19.3 Å². The zero-order valence-corrected chi connectivity index (χ0v) is 17.1. The van der Waals surface area contributed by atoms with Gasteiger partial charge in [-0.25, -0.2) is 4.98 Å². The summed E-state index contributed by atoms with van der Waals surface area (Å²) < 4.78 is 11.4. The molecule has 0 amide bonds. The van der Waals surface area contributed by atoms with E-state index in [2.05, 4.69) is 39.6 Å². The van der Waals surface area contributed by atoms with Gasteiger partial charge in [-0.15, -0.1) is 0 Å². The van der Waals surface area contributed by atoms with Crippen LogP contribution in [0.2, 0.25) is 0 Å². The van der Waals surface area contributed by atoms with Crippen LogP contribution in [0, 0.1) is 0 Å². The van der Waals surface area contributed by atoms with E-state index in [0.717, 1.165) is 29.9 Å². The van der Waals surface area contributed by atoms with Crippen molar-refractivity contribution in [3.8, 4) is 5.88 Å². The number of nitrogens with zero attached hydrogens (tertiary/aromatic N) is 3. The van der Waals surface area contributed by atoms with Crippen LogP contribution < -0.4 is 15.4 Å². The van der Waals surface area contributed by atoms with Gasteiger partial charge in [-0.2, -0.15) is 0 Å². The smallest absolute Gasteiger partial charge is 0.213 e. The molecule has 0 aliphatic heterocycles. The third-order valence-electron chi connectivity index (χ3n) is 4.92. The molecule has 1 aliphatic rings. The van der Waals surface area contributed by atoms with Crippen molar-refractivity contribution >= 4 is 5.96 Å². The van der Waals surface area contributed by atoms with Crippen LogP contribution in [0.4, 0.5) is 0 Å². The minimum absolute atomic E-state index is 0.302. The molecule has 7 heteroatoms. The minimum Gasteiger partial charge on any atom is -0.474 e. The van der Waals surface area contributed by atoms with Crippen LogP contribution in [-0.4, -0.2) is 29.3 Å². The van der Waals surface area contributed by atoms with Gasteiger partial charge < -0.3 is 19.9 Å². The lowest BCUT2D eigenvalue weighted by Gasteiger charge is -2.22. The standard InChI is InChI=1S/C21H31N5O2/c1-15(2)19-12-18(28-26-19)14-25-21(22-3)24-13-16-9-10-23-20(11-16)27-17-7-5-4-6-8-17/h9-12,15,17H,4-8,13-14H2,1-3H3,(H2,22,24,25). The number of pyridine rings is 1. The molecule has 2 aromatic rings. The van der Waals surface area contributed by atoms with Crippen molar-refractivity contribution < 1.29 is 9.26 Å². The topological polar surface area (TPSA) is 84.6 Å². The van der Waals surface area contributed by atoms with Gasteiger partial charge in [0.1, 0.15) is 6.10 Å². The summed E-state index contributed by atoms with van der Waals surface area (Å²) in [6.45, 7) is 5.36. The highest BCUT2D eigenvalue weighted by Crippen LogP contribution is 2.22. The second kappa shape index (κ2) is 10.1. The van der Waals surface area contributed by atoms with Crippen molar-refractivity contribution in [2.45, 2.75) is 71.1 Å². The monoisotopic (exact) mass is 385 g/mol. The van der Waals surface area contributed by atoms with Crippen molar-refractivity contribution in [1.82, 2.24) is 20.8 Å². The van der Waals surface area contributed by atoms with Crippen molar-refractivity contribution in [3.63, 3.8) is 0 Å². The number of nitrogens with one attached hydrogen (secondary N) is 2. The van der Waals surface area contributed by atoms with Crippen molar-refractivity contribution in [1.29, 1.82) is 0 Å². The van der Waals surface area contributed by atoms with Gasteiger partial charge in [0, 0.05) is 31.9 Å². The summed E-state index contributed by atoms with van der Waals surface area (Å²) in [4.78, 5) is 8.62. The first-order valence-corrected chi connectivity index (χ1v) is 10.2. The summed E-state index contributed by atoms with van der Waals surface area (Å²) in [5, 5.41) is 10.6. The molecular formula is C21H31N5O2. The van der Waals surface area contributed by atoms with Crippen LogP contribution in [0.15, 0.2) is 33.9 Å². The zero-order valence-electron chi connectivity index (χ0n) is 17.1. The number of ether oxygens (including phenoxy) is 1. The Morgan fingerprint density at radius 2 is 2.00 bits per heavy atom. The Morgan fingerprint density at radius 3 is 2.71 bits per heavy atom. The highest BCUT2D eigenvalue weighted by atomic mass is 16.5. The van der Waals surface area contributed by atoms with Crippen LogP contribution in [0.5, 0.6) is 5.88 Å². The highest BCUT2D eigenvalue weighted by Gasteiger charge is 2.15. The lowest BCUT2D eigenvalue weighted by Crippen LogP contribution is -2.36. The van der Waals surface area contributed by atoms with E-state index in [1.54, 1.807) is 13.2 Å². The SMILES string of the molecule is CN=C(NCc1ccnc(OC2CCCCC2)c1)NCc1cc(C(C)C)no1. The van der Waals surface area contributed by atoms with Gasteiger partial charge >= 0.3 is 0 Å². The lowest BCUT2D eigenvalue weighted by atomic mass is 9.98. The molecular weight excluding hydrogens is 354 g/mol. The fourth-order valence-corrected chi connectivity index (χ4v) is 3.24. The van der Waals surface area contributed by atoms with Gasteiger partial charge in [-0.3, -0.25) is 4.99 Å². The summed E-state index contributed by atoms with van der Waals surface area (Å²) in [7, 11) is 1.75. The molecule has 0 unspecified atom stereocenters. The lowest BCUT2D eigenvalue weighted by molar-refractivity contribution is 0.148. The number of hydrogen-bond donors (Lipinski definition) is 2. The Morgan fingerprint density at radius 1 is 1.21 bits per heavy atom. The van der Waals surface area contributed by atoms with E-state index in [9.17, 15) is 0 Å². The Kier molecular flexibility index (Phi) is 7.28. The number of aliphatic imine (C=N–C) groups is 1. The van der Waals surface area contributed by atoms with E-state index >= 15 is 0 Å². The first-order chi connectivity index (χ1) is 13.6. The Hall–Kier alpha value is -2.57. The first-order valence-electron chi connectivity index (χ1n) is 10.2. The molecule has 7 nitrogen and oxygen atoms in total. The van der Waals surface area contributed by atoms with Gasteiger partial charge in [0.2, 0.25) is 5.88 Å². The third-order valence-corrected chi connectivity index (χ3v) is 4.92. The predicted molar refractivity (Wildman–Crippen MR) is 109 cm³/mol. The first kappa shape index (κ1) is 20.2. The number of guanidine groups is 1. The van der Waals surface area contributed by atoms with Crippen LogP contribution in [0.1, 0.15) is 68.9 Å². The molecule has 2 aromatic heterocycles. The zero-order chi connectivity index (χ0) is 19.8. The summed E-state index contributed by atoms with van der Waals surface area (Å²) in [6.07, 6.45) is 8.16. The maximum Gasteiger partial charge on any atom is 0.213 e. The molecule has 1 fully saturated rings. The van der Waals surface area contributed by atoms with Gasteiger partial charge in [-0.05, 0) is 43.2 Å². The molecule has 0 radical (unpaired) electrons. The average molecular weight is 386 g/mol.